The molecule has 7 heteroatoms. The maximum Gasteiger partial charge on any atom is 2.00 e. The first-order valence-corrected chi connectivity index (χ1v) is 7.43. The van der Waals surface area contributed by atoms with E-state index >= 15 is 0 Å². The third-order valence-corrected chi connectivity index (χ3v) is 3.30. The van der Waals surface area contributed by atoms with E-state index in [9.17, 15) is 19.8 Å². The Morgan fingerprint density at radius 3 is 1.32 bits per heavy atom. The standard InChI is InChI=1S/2C9H7ClO2.Zn/c2*10-8-4-2-1-3-7(8)5-6-9(11)12;/h2*1-6H,(H,11,12);/q;;+2/p-2. The van der Waals surface area contributed by atoms with Crippen LogP contribution in [0.2, 0.25) is 10.0 Å². The van der Waals surface area contributed by atoms with Crippen LogP contribution in [0.3, 0.4) is 0 Å². The second-order valence-corrected chi connectivity index (χ2v) is 5.16. The van der Waals surface area contributed by atoms with E-state index in [1.165, 1.54) is 12.2 Å². The van der Waals surface area contributed by atoms with E-state index in [4.69, 9.17) is 23.2 Å². The number of carbonyl (C=O) groups excluding carboxylic acids is 2. The van der Waals surface area contributed by atoms with Gasteiger partial charge < -0.3 is 19.8 Å². The van der Waals surface area contributed by atoms with Gasteiger partial charge in [0.25, 0.3) is 0 Å². The minimum absolute atomic E-state index is 0. The van der Waals surface area contributed by atoms with Crippen LogP contribution in [-0.2, 0) is 29.1 Å². The molecule has 124 valence electrons. The average Bonchev–Trinajstić information content (AvgIpc) is 2.54. The normalized spacial score (nSPS) is 10.0. The molecule has 2 rings (SSSR count). The van der Waals surface area contributed by atoms with Crippen molar-refractivity contribution >= 4 is 47.3 Å². The van der Waals surface area contributed by atoms with Crippen molar-refractivity contribution in [2.75, 3.05) is 0 Å². The van der Waals surface area contributed by atoms with Crippen molar-refractivity contribution in [3.05, 3.63) is 81.9 Å². The van der Waals surface area contributed by atoms with E-state index in [2.05, 4.69) is 0 Å². The van der Waals surface area contributed by atoms with Gasteiger partial charge in [-0.05, 0) is 35.4 Å². The summed E-state index contributed by atoms with van der Waals surface area (Å²) in [5.41, 5.74) is 1.34. The average molecular weight is 429 g/mol. The smallest absolute Gasteiger partial charge is 0.545 e. The van der Waals surface area contributed by atoms with E-state index in [-0.39, 0.29) is 19.5 Å². The molecule has 0 saturated carbocycles. The number of carboxylic acids is 2. The van der Waals surface area contributed by atoms with Crippen LogP contribution in [0.5, 0.6) is 0 Å². The monoisotopic (exact) mass is 426 g/mol. The number of rotatable bonds is 4. The third kappa shape index (κ3) is 9.83. The fraction of sp³-hybridized carbons (Fsp3) is 0. The molecular formula is C18H12Cl2O4Zn. The molecule has 25 heavy (non-hydrogen) atoms. The second kappa shape index (κ2) is 12.4. The van der Waals surface area contributed by atoms with Crippen molar-refractivity contribution in [3.63, 3.8) is 0 Å². The van der Waals surface area contributed by atoms with Crippen molar-refractivity contribution in [2.24, 2.45) is 0 Å². The Bertz CT molecular complexity index is 708. The van der Waals surface area contributed by atoms with Gasteiger partial charge in [-0.2, -0.15) is 0 Å². The van der Waals surface area contributed by atoms with Crippen molar-refractivity contribution in [1.29, 1.82) is 0 Å². The Balaban J connectivity index is 0.000000443. The summed E-state index contributed by atoms with van der Waals surface area (Å²) in [6.07, 6.45) is 4.69. The molecule has 0 radical (unpaired) electrons. The number of halogens is 2. The molecule has 0 aromatic heterocycles. The summed E-state index contributed by atoms with van der Waals surface area (Å²) >= 11 is 11.5. The Hall–Kier alpha value is -1.94. The molecule has 2 aromatic rings. The summed E-state index contributed by atoms with van der Waals surface area (Å²) in [5.74, 6) is -2.45. The zero-order valence-electron chi connectivity index (χ0n) is 13.0. The molecule has 0 bridgehead atoms. The van der Waals surface area contributed by atoms with Crippen LogP contribution < -0.4 is 10.2 Å². The van der Waals surface area contributed by atoms with Crippen LogP contribution in [0.1, 0.15) is 11.1 Å². The molecule has 0 saturated heterocycles. The summed E-state index contributed by atoms with van der Waals surface area (Å²) in [4.78, 5) is 20.1. The molecule has 0 fully saturated rings. The first-order valence-electron chi connectivity index (χ1n) is 6.67. The Kier molecular flexibility index (Phi) is 11.5. The number of benzene rings is 2. The molecule has 2 aromatic carbocycles. The zero-order chi connectivity index (χ0) is 17.9. The molecule has 0 N–H and O–H groups in total. The molecule has 0 atom stereocenters. The Morgan fingerprint density at radius 1 is 0.720 bits per heavy atom. The molecule has 0 spiro atoms. The predicted molar refractivity (Wildman–Crippen MR) is 91.0 cm³/mol. The van der Waals surface area contributed by atoms with Crippen molar-refractivity contribution in [1.82, 2.24) is 0 Å². The van der Waals surface area contributed by atoms with Gasteiger partial charge in [-0.3, -0.25) is 0 Å². The Labute approximate surface area is 168 Å². The Morgan fingerprint density at radius 2 is 1.04 bits per heavy atom. The SMILES string of the molecule is O=C([O-])C=Cc1ccccc1Cl.O=C([O-])C=Cc1ccccc1Cl.[Zn+2]. The summed E-state index contributed by atoms with van der Waals surface area (Å²) < 4.78 is 0. The number of hydrogen-bond acceptors (Lipinski definition) is 4. The topological polar surface area (TPSA) is 80.3 Å². The fourth-order valence-electron chi connectivity index (χ4n) is 1.54. The number of hydrogen-bond donors (Lipinski definition) is 0. The molecule has 0 heterocycles. The van der Waals surface area contributed by atoms with E-state index in [1.807, 2.05) is 0 Å². The summed E-state index contributed by atoms with van der Waals surface area (Å²) in [6.45, 7) is 0. The van der Waals surface area contributed by atoms with Crippen molar-refractivity contribution in [2.45, 2.75) is 0 Å². The maximum absolute atomic E-state index is 10.0. The van der Waals surface area contributed by atoms with Crippen LogP contribution in [0, 0.1) is 0 Å². The van der Waals surface area contributed by atoms with Gasteiger partial charge in [0, 0.05) is 10.0 Å². The van der Waals surface area contributed by atoms with Gasteiger partial charge in [0.2, 0.25) is 0 Å². The third-order valence-electron chi connectivity index (χ3n) is 2.61. The molecule has 4 nitrogen and oxygen atoms in total. The molecule has 0 aliphatic rings. The summed E-state index contributed by atoms with van der Waals surface area (Å²) in [7, 11) is 0. The minimum Gasteiger partial charge on any atom is -0.545 e. The van der Waals surface area contributed by atoms with Gasteiger partial charge in [-0.25, -0.2) is 0 Å². The van der Waals surface area contributed by atoms with Gasteiger partial charge in [0.1, 0.15) is 0 Å². The van der Waals surface area contributed by atoms with Crippen LogP contribution in [0.15, 0.2) is 60.7 Å². The van der Waals surface area contributed by atoms with Crippen molar-refractivity contribution < 1.29 is 39.3 Å². The summed E-state index contributed by atoms with van der Waals surface area (Å²) in [6, 6.07) is 13.9. The predicted octanol–water partition coefficient (Wildman–Crippen LogP) is 2.20. The second-order valence-electron chi connectivity index (χ2n) is 4.35. The summed E-state index contributed by atoms with van der Waals surface area (Å²) in [5, 5.41) is 21.1. The van der Waals surface area contributed by atoms with Crippen LogP contribution in [0.4, 0.5) is 0 Å². The van der Waals surface area contributed by atoms with Crippen LogP contribution in [0.25, 0.3) is 12.2 Å². The number of carboxylic acid groups (broad SMARTS) is 2. The van der Waals surface area contributed by atoms with Crippen LogP contribution in [-0.4, -0.2) is 11.9 Å². The fourth-order valence-corrected chi connectivity index (χ4v) is 1.93. The van der Waals surface area contributed by atoms with Gasteiger partial charge >= 0.3 is 19.5 Å². The molecular weight excluding hydrogens is 416 g/mol. The maximum atomic E-state index is 10.0. The zero-order valence-corrected chi connectivity index (χ0v) is 17.5. The van der Waals surface area contributed by atoms with Gasteiger partial charge in [-0.1, -0.05) is 71.8 Å². The molecule has 0 aliphatic heterocycles. The van der Waals surface area contributed by atoms with E-state index < -0.39 is 11.9 Å². The first kappa shape index (κ1) is 23.1. The molecule has 0 amide bonds. The van der Waals surface area contributed by atoms with Gasteiger partial charge in [0.05, 0.1) is 11.9 Å². The molecule has 0 aliphatic carbocycles. The van der Waals surface area contributed by atoms with E-state index in [0.29, 0.717) is 21.2 Å². The number of aliphatic carboxylic acids is 2. The first-order chi connectivity index (χ1) is 11.4. The number of carbonyl (C=O) groups is 2. The molecule has 0 unspecified atom stereocenters. The van der Waals surface area contributed by atoms with E-state index in [1.54, 1.807) is 48.5 Å². The quantitative estimate of drug-likeness (QED) is 0.552. The van der Waals surface area contributed by atoms with Crippen molar-refractivity contribution in [3.8, 4) is 0 Å². The van der Waals surface area contributed by atoms with Crippen LogP contribution >= 0.6 is 23.2 Å². The minimum atomic E-state index is -1.23. The van der Waals surface area contributed by atoms with E-state index in [0.717, 1.165) is 12.2 Å². The van der Waals surface area contributed by atoms with Gasteiger partial charge in [0.15, 0.2) is 0 Å². The van der Waals surface area contributed by atoms with Gasteiger partial charge in [-0.15, -0.1) is 0 Å². The largest absolute Gasteiger partial charge is 2.00 e.